The van der Waals surface area contributed by atoms with Crippen LogP contribution < -0.4 is 0 Å². The van der Waals surface area contributed by atoms with Crippen molar-refractivity contribution in [2.45, 2.75) is 71.1 Å². The number of halogens is 1. The summed E-state index contributed by atoms with van der Waals surface area (Å²) in [5.41, 5.74) is 4.41. The standard InChI is InChI=1S/C20H27BrO2/c1-13(22)10-15(23)7-6-14-11-16-17(12-18(14)21)20(4,5)9-8-19(16,2)3/h10-12,23H,6-9H2,1-5H3. The maximum atomic E-state index is 11.0. The van der Waals surface area contributed by atoms with Crippen LogP contribution in [0.5, 0.6) is 0 Å². The van der Waals surface area contributed by atoms with Gasteiger partial charge in [-0.1, -0.05) is 49.7 Å². The molecule has 0 spiro atoms. The topological polar surface area (TPSA) is 37.3 Å². The molecule has 1 aromatic rings. The molecule has 0 amide bonds. The molecule has 0 heterocycles. The Morgan fingerprint density at radius 1 is 1.17 bits per heavy atom. The molecule has 0 unspecified atom stereocenters. The maximum Gasteiger partial charge on any atom is 0.155 e. The summed E-state index contributed by atoms with van der Waals surface area (Å²) in [7, 11) is 0. The number of aryl methyl sites for hydroxylation is 1. The Morgan fingerprint density at radius 2 is 1.70 bits per heavy atom. The monoisotopic (exact) mass is 378 g/mol. The second-order valence-corrected chi connectivity index (χ2v) is 8.86. The van der Waals surface area contributed by atoms with E-state index in [2.05, 4.69) is 55.8 Å². The largest absolute Gasteiger partial charge is 0.512 e. The van der Waals surface area contributed by atoms with Crippen molar-refractivity contribution in [2.24, 2.45) is 0 Å². The van der Waals surface area contributed by atoms with Crippen molar-refractivity contribution in [2.75, 3.05) is 0 Å². The molecule has 0 aromatic heterocycles. The zero-order valence-electron chi connectivity index (χ0n) is 14.8. The molecule has 2 nitrogen and oxygen atoms in total. The van der Waals surface area contributed by atoms with Crippen LogP contribution >= 0.6 is 15.9 Å². The zero-order valence-corrected chi connectivity index (χ0v) is 16.4. The van der Waals surface area contributed by atoms with E-state index in [0.29, 0.717) is 6.42 Å². The van der Waals surface area contributed by atoms with Gasteiger partial charge in [-0.25, -0.2) is 0 Å². The number of ketones is 1. The van der Waals surface area contributed by atoms with Crippen LogP contribution in [0.1, 0.15) is 70.6 Å². The lowest BCUT2D eigenvalue weighted by atomic mass is 9.63. The molecule has 0 aliphatic heterocycles. The average Bonchev–Trinajstić information content (AvgIpc) is 2.41. The Hall–Kier alpha value is -1.09. The summed E-state index contributed by atoms with van der Waals surface area (Å²) in [6.07, 6.45) is 4.89. The Labute approximate surface area is 148 Å². The van der Waals surface area contributed by atoms with E-state index in [1.807, 2.05) is 0 Å². The van der Waals surface area contributed by atoms with Gasteiger partial charge in [-0.3, -0.25) is 4.79 Å². The van der Waals surface area contributed by atoms with Crippen LogP contribution in [0.3, 0.4) is 0 Å². The highest BCUT2D eigenvalue weighted by atomic mass is 79.9. The van der Waals surface area contributed by atoms with Gasteiger partial charge in [-0.2, -0.15) is 0 Å². The SMILES string of the molecule is CC(=O)C=C(O)CCc1cc2c(cc1Br)C(C)(C)CCC2(C)C. The number of benzene rings is 1. The molecule has 0 radical (unpaired) electrons. The summed E-state index contributed by atoms with van der Waals surface area (Å²) in [6, 6.07) is 4.55. The van der Waals surface area contributed by atoms with Crippen LogP contribution in [0.4, 0.5) is 0 Å². The lowest BCUT2D eigenvalue weighted by Crippen LogP contribution is -2.34. The lowest BCUT2D eigenvalue weighted by Gasteiger charge is -2.42. The van der Waals surface area contributed by atoms with Gasteiger partial charge in [0, 0.05) is 17.0 Å². The Morgan fingerprint density at radius 3 is 2.22 bits per heavy atom. The van der Waals surface area contributed by atoms with E-state index in [0.717, 1.165) is 10.9 Å². The van der Waals surface area contributed by atoms with Gasteiger partial charge in [0.25, 0.3) is 0 Å². The van der Waals surface area contributed by atoms with Crippen LogP contribution in [-0.4, -0.2) is 10.9 Å². The summed E-state index contributed by atoms with van der Waals surface area (Å²) < 4.78 is 1.10. The minimum absolute atomic E-state index is 0.116. The minimum Gasteiger partial charge on any atom is -0.512 e. The fraction of sp³-hybridized carbons (Fsp3) is 0.550. The fourth-order valence-corrected chi connectivity index (χ4v) is 3.94. The van der Waals surface area contributed by atoms with Crippen LogP contribution in [-0.2, 0) is 22.0 Å². The Kier molecular flexibility index (Phi) is 5.10. The highest BCUT2D eigenvalue weighted by Crippen LogP contribution is 2.47. The molecule has 2 rings (SSSR count). The molecule has 0 atom stereocenters. The zero-order chi connectivity index (χ0) is 17.4. The minimum atomic E-state index is -0.116. The lowest BCUT2D eigenvalue weighted by molar-refractivity contribution is -0.112. The van der Waals surface area contributed by atoms with Crippen molar-refractivity contribution >= 4 is 21.7 Å². The first-order valence-electron chi connectivity index (χ1n) is 8.26. The number of hydrogen-bond acceptors (Lipinski definition) is 2. The van der Waals surface area contributed by atoms with Crippen molar-refractivity contribution in [1.82, 2.24) is 0 Å². The summed E-state index contributed by atoms with van der Waals surface area (Å²) >= 11 is 3.70. The molecule has 1 aliphatic rings. The van der Waals surface area contributed by atoms with E-state index in [-0.39, 0.29) is 22.4 Å². The fourth-order valence-electron chi connectivity index (χ4n) is 3.39. The van der Waals surface area contributed by atoms with Gasteiger partial charge in [-0.05, 0) is 59.8 Å². The quantitative estimate of drug-likeness (QED) is 0.533. The first kappa shape index (κ1) is 18.3. The second-order valence-electron chi connectivity index (χ2n) is 8.00. The number of carbonyl (C=O) groups excluding carboxylic acids is 1. The number of aliphatic hydroxyl groups excluding tert-OH is 1. The van der Waals surface area contributed by atoms with Crippen LogP contribution in [0, 0.1) is 0 Å². The van der Waals surface area contributed by atoms with Gasteiger partial charge in [0.05, 0.1) is 5.76 Å². The predicted molar refractivity (Wildman–Crippen MR) is 99.1 cm³/mol. The summed E-state index contributed by atoms with van der Waals surface area (Å²) in [5, 5.41) is 9.82. The molecule has 0 fully saturated rings. The molecule has 1 aliphatic carbocycles. The van der Waals surface area contributed by atoms with Gasteiger partial charge in [0.1, 0.15) is 0 Å². The molecule has 1 N–H and O–H groups in total. The summed E-state index contributed by atoms with van der Waals surface area (Å²) in [4.78, 5) is 11.0. The van der Waals surface area contributed by atoms with Gasteiger partial charge >= 0.3 is 0 Å². The third-order valence-corrected chi connectivity index (χ3v) is 5.78. The Balaban J connectivity index is 2.36. The highest BCUT2D eigenvalue weighted by Gasteiger charge is 2.37. The first-order chi connectivity index (χ1) is 10.5. The Bertz CT molecular complexity index is 654. The number of allylic oxidation sites excluding steroid dienone is 2. The maximum absolute atomic E-state index is 11.0. The van der Waals surface area contributed by atoms with E-state index in [1.54, 1.807) is 0 Å². The van der Waals surface area contributed by atoms with Gasteiger partial charge in [0.15, 0.2) is 5.78 Å². The first-order valence-corrected chi connectivity index (χ1v) is 9.06. The van der Waals surface area contributed by atoms with Crippen molar-refractivity contribution in [1.29, 1.82) is 0 Å². The van der Waals surface area contributed by atoms with Gasteiger partial charge in [-0.15, -0.1) is 0 Å². The van der Waals surface area contributed by atoms with Gasteiger partial charge in [0.2, 0.25) is 0 Å². The van der Waals surface area contributed by atoms with Crippen molar-refractivity contribution in [3.63, 3.8) is 0 Å². The number of rotatable bonds is 4. The summed E-state index contributed by atoms with van der Waals surface area (Å²) in [6.45, 7) is 10.7. The molecule has 0 saturated heterocycles. The van der Waals surface area contributed by atoms with Crippen LogP contribution in [0.15, 0.2) is 28.4 Å². The van der Waals surface area contributed by atoms with Crippen LogP contribution in [0.25, 0.3) is 0 Å². The van der Waals surface area contributed by atoms with E-state index < -0.39 is 0 Å². The van der Waals surface area contributed by atoms with E-state index in [9.17, 15) is 9.90 Å². The van der Waals surface area contributed by atoms with Crippen molar-refractivity contribution < 1.29 is 9.90 Å². The third-order valence-electron chi connectivity index (χ3n) is 5.04. The number of fused-ring (bicyclic) bond motifs is 1. The van der Waals surface area contributed by atoms with Crippen LogP contribution in [0.2, 0.25) is 0 Å². The molecular weight excluding hydrogens is 352 g/mol. The number of hydrogen-bond donors (Lipinski definition) is 1. The molecule has 0 saturated carbocycles. The summed E-state index contributed by atoms with van der Waals surface area (Å²) in [5.74, 6) is 0.0385. The molecular formula is C20H27BrO2. The second kappa shape index (κ2) is 6.43. The predicted octanol–water partition coefficient (Wildman–Crippen LogP) is 5.76. The highest BCUT2D eigenvalue weighted by molar-refractivity contribution is 9.10. The normalized spacial score (nSPS) is 19.3. The molecule has 0 bridgehead atoms. The molecule has 126 valence electrons. The smallest absolute Gasteiger partial charge is 0.155 e. The van der Waals surface area contributed by atoms with Crippen molar-refractivity contribution in [3.05, 3.63) is 45.1 Å². The van der Waals surface area contributed by atoms with Gasteiger partial charge < -0.3 is 5.11 Å². The average molecular weight is 379 g/mol. The number of carbonyl (C=O) groups is 1. The number of aliphatic hydroxyl groups is 1. The third kappa shape index (κ3) is 4.06. The van der Waals surface area contributed by atoms with E-state index in [4.69, 9.17) is 0 Å². The molecule has 23 heavy (non-hydrogen) atoms. The van der Waals surface area contributed by atoms with Crippen molar-refractivity contribution in [3.8, 4) is 0 Å². The molecule has 1 aromatic carbocycles. The van der Waals surface area contributed by atoms with E-state index >= 15 is 0 Å². The molecule has 3 heteroatoms. The van der Waals surface area contributed by atoms with E-state index in [1.165, 1.54) is 42.5 Å².